The summed E-state index contributed by atoms with van der Waals surface area (Å²) in [5.74, 6) is 1.01. The van der Waals surface area contributed by atoms with Gasteiger partial charge in [-0.1, -0.05) is 0 Å². The van der Waals surface area contributed by atoms with Crippen LogP contribution in [0.3, 0.4) is 0 Å². The second-order valence-corrected chi connectivity index (χ2v) is 3.95. The predicted molar refractivity (Wildman–Crippen MR) is 54.8 cm³/mol. The van der Waals surface area contributed by atoms with E-state index in [2.05, 4.69) is 11.2 Å². The smallest absolute Gasteiger partial charge is 0.102 e. The van der Waals surface area contributed by atoms with Crippen molar-refractivity contribution in [1.29, 1.82) is 0 Å². The molecule has 1 aromatic heterocycles. The van der Waals surface area contributed by atoms with Crippen LogP contribution in [0.5, 0.6) is 0 Å². The summed E-state index contributed by atoms with van der Waals surface area (Å²) in [4.78, 5) is 10.9. The van der Waals surface area contributed by atoms with E-state index in [1.54, 1.807) is 0 Å². The maximum atomic E-state index is 10.9. The molecule has 1 saturated carbocycles. The summed E-state index contributed by atoms with van der Waals surface area (Å²) >= 11 is 0. The van der Waals surface area contributed by atoms with Gasteiger partial charge in [0.1, 0.15) is 5.56 Å². The zero-order valence-corrected chi connectivity index (χ0v) is 12.3. The van der Waals surface area contributed by atoms with Crippen molar-refractivity contribution in [2.24, 2.45) is 0 Å². The average molecular weight is 299 g/mol. The third-order valence-corrected chi connectivity index (χ3v) is 2.94. The van der Waals surface area contributed by atoms with Crippen LogP contribution in [0, 0.1) is 6.07 Å². The minimum Gasteiger partial charge on any atom is -0.424 e. The Kier molecular flexibility index (Phi) is 5.94. The molecule has 0 spiro atoms. The van der Waals surface area contributed by atoms with Crippen molar-refractivity contribution in [1.82, 2.24) is 5.16 Å². The van der Waals surface area contributed by atoms with Crippen LogP contribution in [0.2, 0.25) is 0 Å². The summed E-state index contributed by atoms with van der Waals surface area (Å²) < 4.78 is 10.6. The van der Waals surface area contributed by atoms with Gasteiger partial charge in [0.2, 0.25) is 0 Å². The Balaban J connectivity index is 0.00000128. The Morgan fingerprint density at radius 2 is 2.12 bits per heavy atom. The maximum absolute atomic E-state index is 10.9. The number of nitrogens with one attached hydrogen (secondary N) is 1. The molecule has 0 aromatic carbocycles. The third kappa shape index (κ3) is 3.54. The van der Waals surface area contributed by atoms with Crippen molar-refractivity contribution in [2.75, 3.05) is 6.61 Å². The Hall–Kier alpha value is 0.0739. The van der Waals surface area contributed by atoms with Crippen LogP contribution in [0.15, 0.2) is 9.32 Å². The van der Waals surface area contributed by atoms with E-state index in [9.17, 15) is 4.79 Å². The first-order valence-corrected chi connectivity index (χ1v) is 5.52. The number of aromatic amines is 1. The van der Waals surface area contributed by atoms with E-state index in [1.165, 1.54) is 0 Å². The topological polar surface area (TPSA) is 55.2 Å². The van der Waals surface area contributed by atoms with E-state index in [0.29, 0.717) is 17.8 Å². The number of hydrogen-bond acceptors (Lipinski definition) is 3. The van der Waals surface area contributed by atoms with Crippen LogP contribution in [0.4, 0.5) is 0 Å². The Bertz CT molecular complexity index is 352. The van der Waals surface area contributed by atoms with E-state index in [-0.39, 0.29) is 38.3 Å². The van der Waals surface area contributed by atoms with Crippen LogP contribution in [0.25, 0.3) is 0 Å². The van der Waals surface area contributed by atoms with E-state index in [1.807, 2.05) is 6.92 Å². The van der Waals surface area contributed by atoms with Crippen molar-refractivity contribution in [3.63, 3.8) is 0 Å². The molecular weight excluding hydrogens is 283 g/mol. The number of rotatable bonds is 3. The molecule has 0 atom stereocenters. The van der Waals surface area contributed by atoms with E-state index in [4.69, 9.17) is 9.26 Å². The fraction of sp³-hybridized carbons (Fsp3) is 0.727. The molecule has 0 bridgehead atoms. The molecule has 0 unspecified atom stereocenters. The molecular formula is C11H16NO3Y-. The molecule has 87 valence electrons. The summed E-state index contributed by atoms with van der Waals surface area (Å²) in [5.41, 5.74) is -0.267. The van der Waals surface area contributed by atoms with Crippen LogP contribution >= 0.6 is 0 Å². The summed E-state index contributed by atoms with van der Waals surface area (Å²) in [6.45, 7) is 2.80. The monoisotopic (exact) mass is 299 g/mol. The molecule has 2 rings (SSSR count). The van der Waals surface area contributed by atoms with Crippen LogP contribution in [-0.4, -0.2) is 17.9 Å². The quantitative estimate of drug-likeness (QED) is 0.866. The zero-order valence-electron chi connectivity index (χ0n) is 9.49. The Labute approximate surface area is 120 Å². The second kappa shape index (κ2) is 6.72. The molecule has 1 aliphatic rings. The number of H-pyrrole nitrogens is 1. The average Bonchev–Trinajstić information content (AvgIpc) is 2.67. The van der Waals surface area contributed by atoms with Gasteiger partial charge in [0.15, 0.2) is 0 Å². The molecule has 1 heterocycles. The van der Waals surface area contributed by atoms with E-state index >= 15 is 0 Å². The van der Waals surface area contributed by atoms with Gasteiger partial charge < -0.3 is 20.1 Å². The minimum atomic E-state index is -0.267. The van der Waals surface area contributed by atoms with Gasteiger partial charge >= 0.3 is 0 Å². The summed E-state index contributed by atoms with van der Waals surface area (Å²) in [7, 11) is 0. The normalized spacial score (nSPS) is 25.1. The number of ether oxygens (including phenoxy) is 1. The van der Waals surface area contributed by atoms with Gasteiger partial charge in [-0.2, -0.15) is 0 Å². The van der Waals surface area contributed by atoms with E-state index in [0.717, 1.165) is 32.3 Å². The largest absolute Gasteiger partial charge is 0.424 e. The summed E-state index contributed by atoms with van der Waals surface area (Å²) in [5, 5.41) is 2.28. The molecule has 0 amide bonds. The van der Waals surface area contributed by atoms with Crippen molar-refractivity contribution in [3.05, 3.63) is 22.2 Å². The summed E-state index contributed by atoms with van der Waals surface area (Å²) in [6, 6.07) is 2.67. The van der Waals surface area contributed by atoms with Gasteiger partial charge in [-0.25, -0.2) is 5.16 Å². The van der Waals surface area contributed by atoms with E-state index < -0.39 is 0 Å². The van der Waals surface area contributed by atoms with Crippen LogP contribution in [-0.2, 0) is 37.4 Å². The molecule has 1 aromatic rings. The summed E-state index contributed by atoms with van der Waals surface area (Å²) in [6.07, 6.45) is 4.50. The van der Waals surface area contributed by atoms with Crippen LogP contribution < -0.4 is 5.56 Å². The molecule has 1 fully saturated rings. The first-order valence-electron chi connectivity index (χ1n) is 5.52. The fourth-order valence-electron chi connectivity index (χ4n) is 2.18. The molecule has 1 radical (unpaired) electrons. The molecule has 16 heavy (non-hydrogen) atoms. The number of aromatic nitrogens is 1. The standard InChI is InChI=1S/C11H16NO3.Y/c1-2-14-9-5-3-8(4-6-9)10-7-11(13)12-15-10;/h8-9H,2-6H2,1H3,(H,12,13);/q-1;. The molecule has 4 nitrogen and oxygen atoms in total. The van der Waals surface area contributed by atoms with Gasteiger partial charge in [0, 0.05) is 39.3 Å². The predicted octanol–water partition coefficient (Wildman–Crippen LogP) is 1.83. The molecule has 5 heteroatoms. The second-order valence-electron chi connectivity index (χ2n) is 3.95. The van der Waals surface area contributed by atoms with Gasteiger partial charge in [-0.15, -0.1) is 0 Å². The van der Waals surface area contributed by atoms with Gasteiger partial charge in [-0.05, 0) is 44.3 Å². The van der Waals surface area contributed by atoms with Crippen LogP contribution in [0.1, 0.15) is 44.3 Å². The van der Waals surface area contributed by atoms with Gasteiger partial charge in [-0.3, -0.25) is 0 Å². The SMILES string of the molecule is CCOC1CCC(c2[c-]c(=O)[nH]o2)CC1.[Y]. The first kappa shape index (κ1) is 14.1. The Morgan fingerprint density at radius 3 is 2.62 bits per heavy atom. The van der Waals surface area contributed by atoms with Gasteiger partial charge in [0.25, 0.3) is 0 Å². The van der Waals surface area contributed by atoms with Crippen molar-refractivity contribution >= 4 is 0 Å². The Morgan fingerprint density at radius 1 is 1.44 bits per heavy atom. The number of hydrogen-bond donors (Lipinski definition) is 1. The maximum Gasteiger partial charge on any atom is 0.102 e. The molecule has 0 saturated heterocycles. The zero-order chi connectivity index (χ0) is 10.7. The van der Waals surface area contributed by atoms with Crippen molar-refractivity contribution in [3.8, 4) is 0 Å². The third-order valence-electron chi connectivity index (χ3n) is 2.94. The minimum absolute atomic E-state index is 0. The van der Waals surface area contributed by atoms with Crippen molar-refractivity contribution in [2.45, 2.75) is 44.6 Å². The first-order chi connectivity index (χ1) is 7.29. The molecule has 1 aliphatic carbocycles. The van der Waals surface area contributed by atoms with Crippen molar-refractivity contribution < 1.29 is 42.0 Å². The fourth-order valence-corrected chi connectivity index (χ4v) is 2.18. The van der Waals surface area contributed by atoms with Gasteiger partial charge in [0.05, 0.1) is 6.10 Å². The molecule has 1 N–H and O–H groups in total. The molecule has 0 aliphatic heterocycles.